The Bertz CT molecular complexity index is 937. The Morgan fingerprint density at radius 3 is 2.04 bits per heavy atom. The van der Waals surface area contributed by atoms with E-state index in [1.165, 1.54) is 0 Å². The number of carbonyl (C=O) groups excluding carboxylic acids is 1. The van der Waals surface area contributed by atoms with Crippen molar-refractivity contribution >= 4 is 16.0 Å². The molecule has 0 amide bonds. The average Bonchev–Trinajstić information content (AvgIpc) is 2.60. The highest BCUT2D eigenvalue weighted by Crippen LogP contribution is 2.28. The van der Waals surface area contributed by atoms with Crippen molar-refractivity contribution in [2.24, 2.45) is 0 Å². The molecule has 0 aliphatic carbocycles. The lowest BCUT2D eigenvalue weighted by Gasteiger charge is -2.22. The minimum absolute atomic E-state index is 0.0704. The van der Waals surface area contributed by atoms with Crippen molar-refractivity contribution in [1.29, 1.82) is 0 Å². The van der Waals surface area contributed by atoms with E-state index in [0.717, 1.165) is 33.4 Å². The lowest BCUT2D eigenvalue weighted by atomic mass is 10.0. The first-order valence-electron chi connectivity index (χ1n) is 9.38. The first-order valence-corrected chi connectivity index (χ1v) is 10.9. The van der Waals surface area contributed by atoms with Crippen LogP contribution in [0.5, 0.6) is 0 Å². The molecule has 0 saturated carbocycles. The van der Waals surface area contributed by atoms with Crippen LogP contribution in [-0.4, -0.2) is 21.0 Å². The second-order valence-electron chi connectivity index (χ2n) is 7.18. The van der Waals surface area contributed by atoms with Crippen molar-refractivity contribution in [3.05, 3.63) is 63.7 Å². The molecule has 28 heavy (non-hydrogen) atoms. The summed E-state index contributed by atoms with van der Waals surface area (Å²) in [4.78, 5) is 12.4. The smallest absolute Gasteiger partial charge is 0.307 e. The Morgan fingerprint density at radius 2 is 1.54 bits per heavy atom. The summed E-state index contributed by atoms with van der Waals surface area (Å²) in [5, 5.41) is 0. The van der Waals surface area contributed by atoms with Gasteiger partial charge in [-0.2, -0.15) is 0 Å². The molecule has 152 valence electrons. The molecule has 6 heteroatoms. The van der Waals surface area contributed by atoms with Crippen LogP contribution in [0.4, 0.5) is 0 Å². The van der Waals surface area contributed by atoms with Gasteiger partial charge in [-0.3, -0.25) is 4.79 Å². The van der Waals surface area contributed by atoms with Crippen LogP contribution in [0.25, 0.3) is 0 Å². The first kappa shape index (κ1) is 22.1. The topological polar surface area (TPSA) is 72.5 Å². The molecule has 0 fully saturated rings. The van der Waals surface area contributed by atoms with E-state index in [-0.39, 0.29) is 17.9 Å². The predicted octanol–water partition coefficient (Wildman–Crippen LogP) is 4.20. The van der Waals surface area contributed by atoms with E-state index in [2.05, 4.69) is 4.72 Å². The quantitative estimate of drug-likeness (QED) is 0.703. The number of rotatable bonds is 7. The Kier molecular flexibility index (Phi) is 7.01. The van der Waals surface area contributed by atoms with Gasteiger partial charge in [-0.05, 0) is 69.4 Å². The number of benzene rings is 2. The largest absolute Gasteiger partial charge is 0.466 e. The zero-order valence-electron chi connectivity index (χ0n) is 17.4. The van der Waals surface area contributed by atoms with Gasteiger partial charge in [0.05, 0.1) is 24.0 Å². The average molecular weight is 404 g/mol. The zero-order valence-corrected chi connectivity index (χ0v) is 18.2. The van der Waals surface area contributed by atoms with Gasteiger partial charge >= 0.3 is 5.97 Å². The fourth-order valence-corrected chi connectivity index (χ4v) is 5.08. The molecule has 5 nitrogen and oxygen atoms in total. The van der Waals surface area contributed by atoms with Gasteiger partial charge in [0.15, 0.2) is 0 Å². The molecule has 0 radical (unpaired) electrons. The summed E-state index contributed by atoms with van der Waals surface area (Å²) in [5.41, 5.74) is 5.05. The van der Waals surface area contributed by atoms with Crippen LogP contribution in [0.15, 0.2) is 35.2 Å². The van der Waals surface area contributed by atoms with E-state index in [1.54, 1.807) is 6.92 Å². The number of esters is 1. The maximum absolute atomic E-state index is 13.3. The molecular formula is C22H29NO4S. The van der Waals surface area contributed by atoms with Crippen LogP contribution in [0.2, 0.25) is 0 Å². The normalized spacial score (nSPS) is 12.6. The highest BCUT2D eigenvalue weighted by Gasteiger charge is 2.27. The van der Waals surface area contributed by atoms with Gasteiger partial charge in [0, 0.05) is 0 Å². The van der Waals surface area contributed by atoms with Gasteiger partial charge in [-0.25, -0.2) is 13.1 Å². The van der Waals surface area contributed by atoms with Crippen molar-refractivity contribution < 1.29 is 17.9 Å². The number of aryl methyl sites for hydroxylation is 3. The van der Waals surface area contributed by atoms with Gasteiger partial charge in [0.2, 0.25) is 10.0 Å². The highest BCUT2D eigenvalue weighted by atomic mass is 32.2. The monoisotopic (exact) mass is 403 g/mol. The maximum atomic E-state index is 13.3. The summed E-state index contributed by atoms with van der Waals surface area (Å²) in [7, 11) is -3.84. The molecule has 0 aliphatic heterocycles. The van der Waals surface area contributed by atoms with Crippen LogP contribution in [0.3, 0.4) is 0 Å². The third-order valence-corrected chi connectivity index (χ3v) is 6.76. The molecule has 0 aliphatic rings. The summed E-state index contributed by atoms with van der Waals surface area (Å²) < 4.78 is 34.4. The molecule has 0 heterocycles. The molecule has 0 bridgehead atoms. The highest BCUT2D eigenvalue weighted by molar-refractivity contribution is 7.89. The predicted molar refractivity (Wildman–Crippen MR) is 111 cm³/mol. The molecule has 2 rings (SSSR count). The minimum Gasteiger partial charge on any atom is -0.466 e. The lowest BCUT2D eigenvalue weighted by molar-refractivity contribution is -0.143. The second kappa shape index (κ2) is 8.88. The summed E-state index contributed by atoms with van der Waals surface area (Å²) in [6.07, 6.45) is -0.0704. The van der Waals surface area contributed by atoms with Gasteiger partial charge in [-0.15, -0.1) is 0 Å². The van der Waals surface area contributed by atoms with E-state index in [1.807, 2.05) is 65.0 Å². The van der Waals surface area contributed by atoms with E-state index < -0.39 is 22.0 Å². The van der Waals surface area contributed by atoms with Crippen LogP contribution in [0.1, 0.15) is 52.8 Å². The molecular weight excluding hydrogens is 374 g/mol. The summed E-state index contributed by atoms with van der Waals surface area (Å²) >= 11 is 0. The van der Waals surface area contributed by atoms with E-state index >= 15 is 0 Å². The van der Waals surface area contributed by atoms with Crippen LogP contribution in [-0.2, 0) is 19.6 Å². The number of carbonyl (C=O) groups is 1. The number of sulfonamides is 1. The van der Waals surface area contributed by atoms with Crippen molar-refractivity contribution in [3.8, 4) is 0 Å². The molecule has 2 aromatic rings. The summed E-state index contributed by atoms with van der Waals surface area (Å²) in [5.74, 6) is -0.440. The maximum Gasteiger partial charge on any atom is 0.307 e. The molecule has 0 aromatic heterocycles. The number of ether oxygens (including phenoxy) is 1. The Labute approximate surface area is 168 Å². The Morgan fingerprint density at radius 1 is 1.00 bits per heavy atom. The molecule has 0 unspecified atom stereocenters. The van der Waals surface area contributed by atoms with E-state index in [4.69, 9.17) is 4.74 Å². The van der Waals surface area contributed by atoms with Crippen molar-refractivity contribution in [2.45, 2.75) is 58.9 Å². The van der Waals surface area contributed by atoms with Crippen molar-refractivity contribution in [3.63, 3.8) is 0 Å². The Balaban J connectivity index is 2.48. The van der Waals surface area contributed by atoms with Gasteiger partial charge < -0.3 is 4.74 Å². The molecule has 2 aromatic carbocycles. The lowest BCUT2D eigenvalue weighted by Crippen LogP contribution is -2.32. The molecule has 1 N–H and O–H groups in total. The summed E-state index contributed by atoms with van der Waals surface area (Å²) in [6.45, 7) is 11.3. The van der Waals surface area contributed by atoms with Gasteiger partial charge in [0.25, 0.3) is 0 Å². The van der Waals surface area contributed by atoms with Crippen LogP contribution < -0.4 is 4.72 Å². The summed E-state index contributed by atoms with van der Waals surface area (Å²) in [6, 6.07) is 8.75. The number of hydrogen-bond donors (Lipinski definition) is 1. The van der Waals surface area contributed by atoms with Crippen LogP contribution in [0, 0.1) is 34.6 Å². The third-order valence-electron chi connectivity index (χ3n) is 5.02. The van der Waals surface area contributed by atoms with E-state index in [0.29, 0.717) is 0 Å². The Hall–Kier alpha value is -2.18. The fourth-order valence-electron chi connectivity index (χ4n) is 3.24. The minimum atomic E-state index is -3.84. The van der Waals surface area contributed by atoms with Crippen molar-refractivity contribution in [1.82, 2.24) is 4.72 Å². The molecule has 1 atom stereocenters. The second-order valence-corrected chi connectivity index (χ2v) is 8.83. The van der Waals surface area contributed by atoms with Gasteiger partial charge in [0.1, 0.15) is 0 Å². The number of hydrogen-bond acceptors (Lipinski definition) is 4. The van der Waals surface area contributed by atoms with Gasteiger partial charge in [-0.1, -0.05) is 35.9 Å². The fraction of sp³-hybridized carbons (Fsp3) is 0.409. The zero-order chi connectivity index (χ0) is 21.1. The van der Waals surface area contributed by atoms with E-state index in [9.17, 15) is 13.2 Å². The number of nitrogens with one attached hydrogen (secondary N) is 1. The SMILES string of the molecule is CCOC(=O)C[C@@H](NS(=O)(=O)c1c(C)c(C)cc(C)c1C)c1ccc(C)cc1. The standard InChI is InChI=1S/C22H29NO4S/c1-7-27-21(24)13-20(19-10-8-14(2)9-11-19)23-28(25,26)22-17(5)15(3)12-16(4)18(22)6/h8-12,20,23H,7,13H2,1-6H3/t20-/m1/s1. The third kappa shape index (κ3) is 5.00. The van der Waals surface area contributed by atoms with Crippen molar-refractivity contribution in [2.75, 3.05) is 6.61 Å². The van der Waals surface area contributed by atoms with Crippen LogP contribution >= 0.6 is 0 Å². The first-order chi connectivity index (χ1) is 13.1. The molecule has 0 saturated heterocycles. The molecule has 0 spiro atoms.